The minimum Gasteiger partial charge on any atom is -0.515 e. The van der Waals surface area contributed by atoms with Crippen molar-refractivity contribution in [3.05, 3.63) is 44.2 Å². The Hall–Kier alpha value is 0.798. The van der Waals surface area contributed by atoms with E-state index in [1.807, 2.05) is 38.1 Å². The average Bonchev–Trinajstić information content (AvgIpc) is 2.22. The van der Waals surface area contributed by atoms with Crippen molar-refractivity contribution in [3.63, 3.8) is 0 Å². The molecule has 0 unspecified atom stereocenters. The van der Waals surface area contributed by atoms with E-state index in [9.17, 15) is 0 Å². The second-order valence-electron chi connectivity index (χ2n) is 2.13. The maximum Gasteiger partial charge on any atom is 2.00 e. The Morgan fingerprint density at radius 2 is 1.76 bits per heavy atom. The number of thiocarbonyl (C=S) groups is 1. The minimum atomic E-state index is 0. The molecule has 94 valence electrons. The standard InChI is InChI=1S/C9H9NS.C2H6.CH4.CH3.V.Y/c1-2-8-5-3-4-6-9(8)10-7-11;1-2;;;;/h3-6H,1-2H2,(H,10,11);1-2H3;1H4;1H3;;/q-2;;;-1;+2;. The van der Waals surface area contributed by atoms with Gasteiger partial charge in [0.2, 0.25) is 0 Å². The van der Waals surface area contributed by atoms with E-state index in [4.69, 9.17) is 0 Å². The van der Waals surface area contributed by atoms with Crippen molar-refractivity contribution >= 4 is 23.4 Å². The van der Waals surface area contributed by atoms with Gasteiger partial charge in [-0.25, -0.2) is 12.2 Å². The first-order valence-electron chi connectivity index (χ1n) is 4.39. The fourth-order valence-corrected chi connectivity index (χ4v) is 1.03. The van der Waals surface area contributed by atoms with Gasteiger partial charge in [-0.15, -0.1) is 22.8 Å². The van der Waals surface area contributed by atoms with Gasteiger partial charge in [0.25, 0.3) is 0 Å². The molecule has 1 nitrogen and oxygen atoms in total. The van der Waals surface area contributed by atoms with Crippen molar-refractivity contribution in [2.45, 2.75) is 27.7 Å². The van der Waals surface area contributed by atoms with Crippen molar-refractivity contribution in [2.75, 3.05) is 5.32 Å². The van der Waals surface area contributed by atoms with Gasteiger partial charge < -0.3 is 19.7 Å². The first kappa shape index (κ1) is 30.7. The summed E-state index contributed by atoms with van der Waals surface area (Å²) in [6.07, 6.45) is 0.764. The van der Waals surface area contributed by atoms with E-state index in [1.54, 1.807) is 0 Å². The van der Waals surface area contributed by atoms with E-state index in [0.717, 1.165) is 17.7 Å². The summed E-state index contributed by atoms with van der Waals surface area (Å²) in [5.74, 6) is 0. The van der Waals surface area contributed by atoms with Crippen LogP contribution in [0.15, 0.2) is 24.3 Å². The topological polar surface area (TPSA) is 12.0 Å². The predicted octanol–water partition coefficient (Wildman–Crippen LogP) is 4.42. The van der Waals surface area contributed by atoms with Crippen molar-refractivity contribution in [3.8, 4) is 0 Å². The second kappa shape index (κ2) is 22.0. The first-order valence-corrected chi connectivity index (χ1v) is 4.79. The maximum atomic E-state index is 4.56. The number of para-hydroxylation sites is 1. The molecule has 0 heterocycles. The molecular weight excluding hydrogens is 342 g/mol. The van der Waals surface area contributed by atoms with Gasteiger partial charge in [0.15, 0.2) is 0 Å². The van der Waals surface area contributed by atoms with Gasteiger partial charge >= 0.3 is 18.6 Å². The molecule has 0 fully saturated rings. The van der Waals surface area contributed by atoms with E-state index < -0.39 is 0 Å². The van der Waals surface area contributed by atoms with Crippen LogP contribution in [0, 0.1) is 14.4 Å². The summed E-state index contributed by atoms with van der Waals surface area (Å²) in [5, 5.41) is 2.85. The van der Waals surface area contributed by atoms with Crippen LogP contribution in [-0.2, 0) is 57.7 Å². The second-order valence-corrected chi connectivity index (χ2v) is 2.34. The van der Waals surface area contributed by atoms with E-state index in [1.165, 1.54) is 0 Å². The average molecular weight is 364 g/mol. The molecule has 0 aliphatic rings. The van der Waals surface area contributed by atoms with Crippen LogP contribution >= 0.6 is 12.2 Å². The molecule has 0 bridgehead atoms. The number of hydrogen-bond donors (Lipinski definition) is 1. The largest absolute Gasteiger partial charge is 2.00 e. The smallest absolute Gasteiger partial charge is 0.515 e. The van der Waals surface area contributed by atoms with Gasteiger partial charge in [0, 0.05) is 32.7 Å². The van der Waals surface area contributed by atoms with Crippen LogP contribution in [0.5, 0.6) is 0 Å². The third kappa shape index (κ3) is 13.0. The molecule has 1 aromatic carbocycles. The Kier molecular flexibility index (Phi) is 39.7. The zero-order valence-corrected chi connectivity index (χ0v) is 15.2. The van der Waals surface area contributed by atoms with E-state index in [2.05, 4.69) is 29.9 Å². The van der Waals surface area contributed by atoms with Gasteiger partial charge in [-0.3, -0.25) is 0 Å². The number of nitrogens with one attached hydrogen (secondary N) is 1. The summed E-state index contributed by atoms with van der Waals surface area (Å²) >= 11 is 4.56. The van der Waals surface area contributed by atoms with Crippen molar-refractivity contribution in [1.29, 1.82) is 0 Å². The van der Waals surface area contributed by atoms with E-state index in [0.29, 0.717) is 0 Å². The molecule has 0 spiro atoms. The zero-order valence-electron chi connectivity index (χ0n) is 10.2. The number of anilines is 1. The molecule has 17 heavy (non-hydrogen) atoms. The molecular formula is C13H22NSVY-. The third-order valence-corrected chi connectivity index (χ3v) is 1.57. The number of rotatable bonds is 3. The molecule has 0 atom stereocenters. The Labute approximate surface area is 150 Å². The quantitative estimate of drug-likeness (QED) is 0.484. The molecule has 0 saturated carbocycles. The fraction of sp³-hybridized carbons (Fsp3) is 0.308. The normalized spacial score (nSPS) is 6.29. The summed E-state index contributed by atoms with van der Waals surface area (Å²) in [4.78, 5) is 0. The van der Waals surface area contributed by atoms with Gasteiger partial charge in [0.1, 0.15) is 0 Å². The fourth-order valence-electron chi connectivity index (χ4n) is 0.915. The van der Waals surface area contributed by atoms with Crippen LogP contribution < -0.4 is 5.32 Å². The molecule has 0 aliphatic heterocycles. The Balaban J connectivity index is -0.0000000760. The Morgan fingerprint density at radius 3 is 2.18 bits per heavy atom. The van der Waals surface area contributed by atoms with E-state index in [-0.39, 0.29) is 66.1 Å². The molecule has 0 amide bonds. The van der Waals surface area contributed by atoms with Crippen LogP contribution in [0.1, 0.15) is 26.8 Å². The van der Waals surface area contributed by atoms with Crippen LogP contribution in [-0.4, -0.2) is 5.49 Å². The molecule has 0 aromatic heterocycles. The monoisotopic (exact) mass is 364 g/mol. The summed E-state index contributed by atoms with van der Waals surface area (Å²) < 4.78 is 0. The number of hydrogen-bond acceptors (Lipinski definition) is 1. The minimum absolute atomic E-state index is 0. The molecule has 0 saturated heterocycles. The molecule has 2 radical (unpaired) electrons. The van der Waals surface area contributed by atoms with Crippen molar-refractivity contribution < 1.29 is 51.3 Å². The van der Waals surface area contributed by atoms with Crippen LogP contribution in [0.4, 0.5) is 5.69 Å². The first-order chi connectivity index (χ1) is 6.38. The Bertz CT molecular complexity index is 257. The number of benzene rings is 1. The molecule has 1 N–H and O–H groups in total. The SMILES string of the molecule is C.CC.[CH2-]Cc1ccccc1N[C-]=S.[CH3-].[V+2].[Y]. The maximum absolute atomic E-state index is 4.56. The van der Waals surface area contributed by atoms with Gasteiger partial charge in [-0.05, 0) is 0 Å². The van der Waals surface area contributed by atoms with Gasteiger partial charge in [-0.1, -0.05) is 39.5 Å². The molecule has 0 aliphatic carbocycles. The third-order valence-electron chi connectivity index (χ3n) is 1.47. The van der Waals surface area contributed by atoms with Crippen LogP contribution in [0.25, 0.3) is 0 Å². The molecule has 1 aromatic rings. The van der Waals surface area contributed by atoms with Crippen molar-refractivity contribution in [2.24, 2.45) is 0 Å². The Morgan fingerprint density at radius 1 is 1.29 bits per heavy atom. The van der Waals surface area contributed by atoms with Crippen LogP contribution in [0.3, 0.4) is 0 Å². The molecule has 4 heteroatoms. The molecule has 1 rings (SSSR count). The van der Waals surface area contributed by atoms with E-state index >= 15 is 0 Å². The summed E-state index contributed by atoms with van der Waals surface area (Å²) in [6, 6.07) is 7.91. The van der Waals surface area contributed by atoms with Crippen molar-refractivity contribution in [1.82, 2.24) is 0 Å². The summed E-state index contributed by atoms with van der Waals surface area (Å²) in [6.45, 7) is 7.80. The van der Waals surface area contributed by atoms with Gasteiger partial charge in [-0.2, -0.15) is 6.42 Å². The predicted molar refractivity (Wildman–Crippen MR) is 76.2 cm³/mol. The summed E-state index contributed by atoms with van der Waals surface area (Å²) in [5.41, 5.74) is 4.62. The zero-order chi connectivity index (χ0) is 10.1. The summed E-state index contributed by atoms with van der Waals surface area (Å²) in [7, 11) is 0. The van der Waals surface area contributed by atoms with Gasteiger partial charge in [0.05, 0.1) is 0 Å². The van der Waals surface area contributed by atoms with Crippen LogP contribution in [0.2, 0.25) is 0 Å².